The summed E-state index contributed by atoms with van der Waals surface area (Å²) in [5.74, 6) is -2.28. The molecule has 0 unspecified atom stereocenters. The van der Waals surface area contributed by atoms with Gasteiger partial charge in [-0.05, 0) is 9.85 Å². The molecule has 0 N–H and O–H groups in total. The standard InChI is InChI=1S/C5H2N8O5/c14-5(10-2-1-6-8-10)11-4(13(17)18)3(7-9-11)12(15)16/h1-2H. The number of rotatable bonds is 2. The molecule has 2 rings (SSSR count). The molecule has 92 valence electrons. The lowest BCUT2D eigenvalue weighted by Crippen LogP contribution is -2.22. The average Bonchev–Trinajstić information content (AvgIpc) is 2.97. The molecule has 0 saturated heterocycles. The van der Waals surface area contributed by atoms with Gasteiger partial charge in [0.05, 0.1) is 12.4 Å². The molecule has 2 aromatic rings. The van der Waals surface area contributed by atoms with Crippen LogP contribution in [0.2, 0.25) is 0 Å². The molecular formula is C5H2N8O5. The van der Waals surface area contributed by atoms with Crippen LogP contribution in [0.25, 0.3) is 0 Å². The number of carbonyl (C=O) groups is 1. The van der Waals surface area contributed by atoms with E-state index in [0.717, 1.165) is 12.4 Å². The highest BCUT2D eigenvalue weighted by Gasteiger charge is 2.39. The molecule has 13 heteroatoms. The number of carbonyl (C=O) groups excluding carboxylic acids is 1. The van der Waals surface area contributed by atoms with E-state index in [1.165, 1.54) is 0 Å². The van der Waals surface area contributed by atoms with Gasteiger partial charge < -0.3 is 20.2 Å². The van der Waals surface area contributed by atoms with Crippen LogP contribution in [-0.4, -0.2) is 45.9 Å². The first-order valence-electron chi connectivity index (χ1n) is 4.18. The van der Waals surface area contributed by atoms with Gasteiger partial charge in [-0.25, -0.2) is 4.79 Å². The monoisotopic (exact) mass is 254 g/mol. The van der Waals surface area contributed by atoms with E-state index >= 15 is 0 Å². The smallest absolute Gasteiger partial charge is 0.358 e. The third-order valence-corrected chi connectivity index (χ3v) is 1.78. The predicted molar refractivity (Wildman–Crippen MR) is 49.5 cm³/mol. The number of hydrogen-bond donors (Lipinski definition) is 0. The van der Waals surface area contributed by atoms with Gasteiger partial charge in [0.25, 0.3) is 0 Å². The zero-order valence-corrected chi connectivity index (χ0v) is 8.27. The van der Waals surface area contributed by atoms with Crippen molar-refractivity contribution in [2.24, 2.45) is 0 Å². The predicted octanol–water partition coefficient (Wildman–Crippen LogP) is -0.798. The van der Waals surface area contributed by atoms with Crippen molar-refractivity contribution in [3.63, 3.8) is 0 Å². The Kier molecular flexibility index (Phi) is 2.47. The minimum atomic E-state index is -1.15. The molecule has 0 radical (unpaired) electrons. The molecule has 0 bridgehead atoms. The van der Waals surface area contributed by atoms with Crippen LogP contribution < -0.4 is 0 Å². The summed E-state index contributed by atoms with van der Waals surface area (Å²) in [6, 6.07) is -1.11. The molecule has 0 aliphatic heterocycles. The van der Waals surface area contributed by atoms with Crippen molar-refractivity contribution in [1.29, 1.82) is 0 Å². The summed E-state index contributed by atoms with van der Waals surface area (Å²) in [6.45, 7) is 0. The van der Waals surface area contributed by atoms with E-state index in [1.54, 1.807) is 0 Å². The lowest BCUT2D eigenvalue weighted by Gasteiger charge is -1.94. The Morgan fingerprint density at radius 3 is 2.44 bits per heavy atom. The van der Waals surface area contributed by atoms with Gasteiger partial charge in [0.2, 0.25) is 0 Å². The van der Waals surface area contributed by atoms with Crippen molar-refractivity contribution in [3.05, 3.63) is 32.6 Å². The van der Waals surface area contributed by atoms with Crippen molar-refractivity contribution < 1.29 is 14.6 Å². The minimum absolute atomic E-state index is 0.160. The summed E-state index contributed by atoms with van der Waals surface area (Å²) in [7, 11) is 0. The summed E-state index contributed by atoms with van der Waals surface area (Å²) in [5.41, 5.74) is 0. The lowest BCUT2D eigenvalue weighted by molar-refractivity contribution is -0.428. The summed E-state index contributed by atoms with van der Waals surface area (Å²) >= 11 is 0. The van der Waals surface area contributed by atoms with Crippen LogP contribution in [0.1, 0.15) is 0 Å². The minimum Gasteiger partial charge on any atom is -0.358 e. The maximum atomic E-state index is 11.7. The molecule has 0 spiro atoms. The maximum absolute atomic E-state index is 11.7. The SMILES string of the molecule is O=C(n1ccnn1)n1nnc([N+](=O)[O-])c1[N+](=O)[O-]. The summed E-state index contributed by atoms with van der Waals surface area (Å²) in [6.07, 6.45) is 2.24. The van der Waals surface area contributed by atoms with Gasteiger partial charge in [-0.15, -0.1) is 9.78 Å². The zero-order chi connectivity index (χ0) is 13.3. The van der Waals surface area contributed by atoms with Gasteiger partial charge in [-0.3, -0.25) is 0 Å². The highest BCUT2D eigenvalue weighted by molar-refractivity contribution is 5.80. The van der Waals surface area contributed by atoms with Gasteiger partial charge in [0.1, 0.15) is 5.10 Å². The zero-order valence-electron chi connectivity index (χ0n) is 8.27. The van der Waals surface area contributed by atoms with E-state index in [9.17, 15) is 25.0 Å². The molecule has 0 aliphatic carbocycles. The van der Waals surface area contributed by atoms with Crippen molar-refractivity contribution in [1.82, 2.24) is 30.0 Å². The van der Waals surface area contributed by atoms with Crippen molar-refractivity contribution >= 4 is 17.7 Å². The molecule has 0 atom stereocenters. The molecule has 2 heterocycles. The third kappa shape index (κ3) is 1.64. The van der Waals surface area contributed by atoms with Gasteiger partial charge >= 0.3 is 17.7 Å². The molecule has 0 amide bonds. The largest absolute Gasteiger partial charge is 0.490 e. The van der Waals surface area contributed by atoms with E-state index < -0.39 is 27.5 Å². The van der Waals surface area contributed by atoms with Crippen LogP contribution in [0.15, 0.2) is 12.4 Å². The van der Waals surface area contributed by atoms with E-state index in [0.29, 0.717) is 4.68 Å². The molecule has 0 aliphatic rings. The van der Waals surface area contributed by atoms with Crippen molar-refractivity contribution in [3.8, 4) is 0 Å². The van der Waals surface area contributed by atoms with Crippen LogP contribution in [0.3, 0.4) is 0 Å². The Balaban J connectivity index is 2.55. The number of hydrogen-bond acceptors (Lipinski definition) is 9. The molecule has 13 nitrogen and oxygen atoms in total. The Morgan fingerprint density at radius 2 is 1.94 bits per heavy atom. The maximum Gasteiger partial charge on any atom is 0.490 e. The molecule has 0 fully saturated rings. The Morgan fingerprint density at radius 1 is 1.22 bits per heavy atom. The fraction of sp³-hybridized carbons (Fsp3) is 0. The van der Waals surface area contributed by atoms with Gasteiger partial charge in [0.15, 0.2) is 5.21 Å². The fourth-order valence-electron chi connectivity index (χ4n) is 1.08. The second kappa shape index (κ2) is 3.96. The second-order valence-electron chi connectivity index (χ2n) is 2.79. The van der Waals surface area contributed by atoms with Crippen LogP contribution in [0.5, 0.6) is 0 Å². The molecule has 0 aromatic carbocycles. The van der Waals surface area contributed by atoms with Gasteiger partial charge in [-0.2, -0.15) is 0 Å². The van der Waals surface area contributed by atoms with Crippen LogP contribution in [0.4, 0.5) is 16.4 Å². The third-order valence-electron chi connectivity index (χ3n) is 1.78. The summed E-state index contributed by atoms with van der Waals surface area (Å²) in [4.78, 5) is 30.6. The van der Waals surface area contributed by atoms with Crippen molar-refractivity contribution in [2.75, 3.05) is 0 Å². The van der Waals surface area contributed by atoms with Crippen LogP contribution >= 0.6 is 0 Å². The van der Waals surface area contributed by atoms with Gasteiger partial charge in [-0.1, -0.05) is 5.21 Å². The van der Waals surface area contributed by atoms with Gasteiger partial charge in [0, 0.05) is 4.68 Å². The molecule has 2 aromatic heterocycles. The molecular weight excluding hydrogens is 252 g/mol. The van der Waals surface area contributed by atoms with Crippen LogP contribution in [0, 0.1) is 20.2 Å². The lowest BCUT2D eigenvalue weighted by atomic mass is 10.6. The van der Waals surface area contributed by atoms with Crippen molar-refractivity contribution in [2.45, 2.75) is 0 Å². The first-order chi connectivity index (χ1) is 8.52. The first-order valence-corrected chi connectivity index (χ1v) is 4.18. The first kappa shape index (κ1) is 11.2. The molecule has 0 saturated carbocycles. The Labute approximate surface area is 95.9 Å². The summed E-state index contributed by atoms with van der Waals surface area (Å²) in [5, 5.41) is 33.8. The van der Waals surface area contributed by atoms with E-state index in [2.05, 4.69) is 20.6 Å². The van der Waals surface area contributed by atoms with E-state index in [1.807, 2.05) is 0 Å². The second-order valence-corrected chi connectivity index (χ2v) is 2.79. The molecule has 18 heavy (non-hydrogen) atoms. The average molecular weight is 254 g/mol. The van der Waals surface area contributed by atoms with Crippen LogP contribution in [-0.2, 0) is 0 Å². The number of nitrogens with zero attached hydrogens (tertiary/aromatic N) is 8. The number of nitro groups is 2. The Hall–Kier alpha value is -3.25. The fourth-order valence-corrected chi connectivity index (χ4v) is 1.08. The summed E-state index contributed by atoms with van der Waals surface area (Å²) < 4.78 is 0.776. The van der Waals surface area contributed by atoms with E-state index in [4.69, 9.17) is 0 Å². The normalized spacial score (nSPS) is 10.2. The van der Waals surface area contributed by atoms with E-state index in [-0.39, 0.29) is 4.68 Å². The Bertz CT molecular complexity index is 628. The quantitative estimate of drug-likeness (QED) is 0.492. The highest BCUT2D eigenvalue weighted by Crippen LogP contribution is 2.22. The number of aromatic nitrogens is 6. The highest BCUT2D eigenvalue weighted by atomic mass is 16.6. The topological polar surface area (TPSA) is 165 Å².